The molecule has 0 saturated heterocycles. The predicted octanol–water partition coefficient (Wildman–Crippen LogP) is 2.59. The molecular formula is C35H52FN5O6. The number of hydrogen-bond donors (Lipinski definition) is 6. The largest absolute Gasteiger partial charge is 0.391 e. The smallest absolute Gasteiger partial charge is 0.249 e. The molecule has 0 radical (unpaired) electrons. The van der Waals surface area contributed by atoms with Gasteiger partial charge in [0.2, 0.25) is 23.6 Å². The number of carbonyl (C=O) groups excluding carboxylic acids is 4. The van der Waals surface area contributed by atoms with Crippen molar-refractivity contribution in [2.45, 2.75) is 104 Å². The minimum Gasteiger partial charge on any atom is -0.391 e. The number of aromatic nitrogens is 1. The van der Waals surface area contributed by atoms with E-state index in [0.717, 1.165) is 11.1 Å². The summed E-state index contributed by atoms with van der Waals surface area (Å²) in [5, 5.41) is 32.7. The molecule has 0 aliphatic heterocycles. The van der Waals surface area contributed by atoms with Crippen molar-refractivity contribution in [1.82, 2.24) is 26.3 Å². The molecule has 0 unspecified atom stereocenters. The zero-order valence-electron chi connectivity index (χ0n) is 28.1. The minimum atomic E-state index is -1.27. The van der Waals surface area contributed by atoms with Crippen molar-refractivity contribution in [2.75, 3.05) is 6.67 Å². The summed E-state index contributed by atoms with van der Waals surface area (Å²) in [5.74, 6) is -3.54. The number of rotatable bonds is 20. The number of pyridine rings is 1. The van der Waals surface area contributed by atoms with Gasteiger partial charge in [0.25, 0.3) is 0 Å². The Morgan fingerprint density at radius 2 is 1.49 bits per heavy atom. The number of aliphatic hydroxyl groups is 2. The fraction of sp³-hybridized carbons (Fsp3) is 0.571. The predicted molar refractivity (Wildman–Crippen MR) is 177 cm³/mol. The van der Waals surface area contributed by atoms with Crippen molar-refractivity contribution in [3.63, 3.8) is 0 Å². The van der Waals surface area contributed by atoms with E-state index in [1.807, 2.05) is 37.3 Å². The van der Waals surface area contributed by atoms with Gasteiger partial charge in [-0.3, -0.25) is 28.6 Å². The quantitative estimate of drug-likeness (QED) is 0.127. The molecule has 0 spiro atoms. The van der Waals surface area contributed by atoms with Crippen LogP contribution in [-0.4, -0.2) is 75.8 Å². The van der Waals surface area contributed by atoms with Crippen LogP contribution in [0, 0.1) is 17.8 Å². The van der Waals surface area contributed by atoms with Gasteiger partial charge in [-0.2, -0.15) is 0 Å². The number of alkyl halides is 1. The van der Waals surface area contributed by atoms with Crippen molar-refractivity contribution in [3.05, 3.63) is 66.0 Å². The lowest BCUT2D eigenvalue weighted by Gasteiger charge is -2.30. The number of halogens is 1. The molecule has 0 aliphatic rings. The summed E-state index contributed by atoms with van der Waals surface area (Å²) in [5.41, 5.74) is 1.66. The molecule has 0 aliphatic carbocycles. The molecule has 260 valence electrons. The van der Waals surface area contributed by atoms with Crippen molar-refractivity contribution >= 4 is 23.6 Å². The Morgan fingerprint density at radius 3 is 2.09 bits per heavy atom. The van der Waals surface area contributed by atoms with Gasteiger partial charge in [-0.15, -0.1) is 0 Å². The summed E-state index contributed by atoms with van der Waals surface area (Å²) >= 11 is 0. The molecule has 47 heavy (non-hydrogen) atoms. The van der Waals surface area contributed by atoms with Gasteiger partial charge in [-0.25, -0.2) is 0 Å². The van der Waals surface area contributed by atoms with Gasteiger partial charge in [0.1, 0.15) is 18.2 Å². The lowest BCUT2D eigenvalue weighted by Crippen LogP contribution is -2.55. The molecular weight excluding hydrogens is 605 g/mol. The van der Waals surface area contributed by atoms with Crippen LogP contribution < -0.4 is 21.3 Å². The van der Waals surface area contributed by atoms with Crippen LogP contribution in [-0.2, 0) is 32.1 Å². The molecule has 0 bridgehead atoms. The molecule has 1 aromatic carbocycles. The molecule has 1 aromatic heterocycles. The molecule has 0 fully saturated rings. The van der Waals surface area contributed by atoms with E-state index in [0.29, 0.717) is 6.42 Å². The van der Waals surface area contributed by atoms with Gasteiger partial charge in [0.15, 0.2) is 0 Å². The molecule has 2 aromatic rings. The van der Waals surface area contributed by atoms with E-state index < -0.39 is 60.6 Å². The molecule has 0 saturated carbocycles. The lowest BCUT2D eigenvalue weighted by molar-refractivity contribution is -0.136. The zero-order chi connectivity index (χ0) is 34.9. The highest BCUT2D eigenvalue weighted by Gasteiger charge is 2.33. The first-order valence-corrected chi connectivity index (χ1v) is 16.4. The summed E-state index contributed by atoms with van der Waals surface area (Å²) in [7, 11) is 0. The SMILES string of the molecule is CC[C@H](C)[C@H](O)C(=O)N[C@@H](C)C(=O)N[C@@H](Cc1ccccc1)[C@@H](O)C[C@@H](CCCF)C(=O)N[C@H](C(=O)NCc1ccncc1)C(C)C. The first kappa shape index (κ1) is 39.3. The van der Waals surface area contributed by atoms with Gasteiger partial charge in [-0.05, 0) is 67.7 Å². The zero-order valence-corrected chi connectivity index (χ0v) is 28.1. The summed E-state index contributed by atoms with van der Waals surface area (Å²) in [6.45, 7) is 8.24. The Labute approximate surface area is 277 Å². The second-order valence-corrected chi connectivity index (χ2v) is 12.5. The molecule has 2 rings (SSSR count). The Bertz CT molecular complexity index is 1250. The van der Waals surface area contributed by atoms with Gasteiger partial charge in [0.05, 0.1) is 18.8 Å². The molecule has 1 heterocycles. The first-order chi connectivity index (χ1) is 22.4. The topological polar surface area (TPSA) is 170 Å². The maximum Gasteiger partial charge on any atom is 0.249 e. The van der Waals surface area contributed by atoms with Crippen molar-refractivity contribution in [2.24, 2.45) is 17.8 Å². The highest BCUT2D eigenvalue weighted by atomic mass is 19.1. The van der Waals surface area contributed by atoms with Crippen molar-refractivity contribution in [1.29, 1.82) is 0 Å². The number of benzene rings is 1. The van der Waals surface area contributed by atoms with Gasteiger partial charge in [-0.1, -0.05) is 64.4 Å². The van der Waals surface area contributed by atoms with E-state index in [9.17, 15) is 33.8 Å². The van der Waals surface area contributed by atoms with Crippen molar-refractivity contribution in [3.8, 4) is 0 Å². The van der Waals surface area contributed by atoms with Crippen molar-refractivity contribution < 1.29 is 33.8 Å². The van der Waals surface area contributed by atoms with E-state index in [-0.39, 0.29) is 50.0 Å². The van der Waals surface area contributed by atoms with Gasteiger partial charge >= 0.3 is 0 Å². The fourth-order valence-electron chi connectivity index (χ4n) is 5.05. The van der Waals surface area contributed by atoms with Crippen LogP contribution in [0.4, 0.5) is 4.39 Å². The molecule has 7 atom stereocenters. The fourth-order valence-corrected chi connectivity index (χ4v) is 5.05. The van der Waals surface area contributed by atoms with E-state index in [1.54, 1.807) is 45.3 Å². The summed E-state index contributed by atoms with van der Waals surface area (Å²) < 4.78 is 13.3. The second-order valence-electron chi connectivity index (χ2n) is 12.5. The first-order valence-electron chi connectivity index (χ1n) is 16.4. The van der Waals surface area contributed by atoms with E-state index in [4.69, 9.17) is 0 Å². The maximum atomic E-state index is 13.6. The molecule has 11 nitrogen and oxygen atoms in total. The van der Waals surface area contributed by atoms with E-state index >= 15 is 0 Å². The van der Waals surface area contributed by atoms with Crippen LogP contribution in [0.25, 0.3) is 0 Å². The maximum absolute atomic E-state index is 13.6. The van der Waals surface area contributed by atoms with Crippen LogP contribution in [0.5, 0.6) is 0 Å². The number of nitrogens with one attached hydrogen (secondary N) is 4. The Hall–Kier alpha value is -3.90. The van der Waals surface area contributed by atoms with E-state index in [1.165, 1.54) is 6.92 Å². The van der Waals surface area contributed by atoms with Crippen LogP contribution in [0.2, 0.25) is 0 Å². The van der Waals surface area contributed by atoms with Crippen LogP contribution in [0.1, 0.15) is 71.4 Å². The highest BCUT2D eigenvalue weighted by molar-refractivity contribution is 5.90. The summed E-state index contributed by atoms with van der Waals surface area (Å²) in [6.07, 6.45) is 1.60. The average molecular weight is 658 g/mol. The van der Waals surface area contributed by atoms with Crippen LogP contribution >= 0.6 is 0 Å². The Morgan fingerprint density at radius 1 is 0.830 bits per heavy atom. The van der Waals surface area contributed by atoms with E-state index in [2.05, 4.69) is 26.3 Å². The highest BCUT2D eigenvalue weighted by Crippen LogP contribution is 2.20. The molecule has 12 heteroatoms. The average Bonchev–Trinajstić information content (AvgIpc) is 3.07. The van der Waals surface area contributed by atoms with Crippen LogP contribution in [0.3, 0.4) is 0 Å². The molecule has 4 amide bonds. The third-order valence-electron chi connectivity index (χ3n) is 8.34. The number of carbonyl (C=O) groups is 4. The normalized spacial score (nSPS) is 15.8. The third kappa shape index (κ3) is 13.4. The third-order valence-corrected chi connectivity index (χ3v) is 8.34. The number of amides is 4. The number of aliphatic hydroxyl groups excluding tert-OH is 2. The van der Waals surface area contributed by atoms with Gasteiger partial charge < -0.3 is 31.5 Å². The standard InChI is InChI=1S/C35H52FN5O6/c1-6-23(4)31(43)35(47)39-24(5)32(44)40-28(19-25-11-8-7-9-12-25)29(42)20-27(13-10-16-36)33(45)41-30(22(2)3)34(46)38-21-26-14-17-37-18-15-26/h7-9,11-12,14-15,17-18,22-24,27-31,42-43H,6,10,13,16,19-21H2,1-5H3,(H,38,46)(H,39,47)(H,40,44)(H,41,45)/t23-,24-,27+,28-,29-,30-,31-/m0/s1. The van der Waals surface area contributed by atoms with Crippen LogP contribution in [0.15, 0.2) is 54.9 Å². The lowest BCUT2D eigenvalue weighted by atomic mass is 9.89. The van der Waals surface area contributed by atoms with Gasteiger partial charge in [0, 0.05) is 24.9 Å². The number of hydrogen-bond acceptors (Lipinski definition) is 7. The Kier molecular flexibility index (Phi) is 17.0. The molecule has 6 N–H and O–H groups in total. The Balaban J connectivity index is 2.19. The second kappa shape index (κ2) is 20.4. The minimum absolute atomic E-state index is 0.0721. The summed E-state index contributed by atoms with van der Waals surface area (Å²) in [4.78, 5) is 56.3. The summed E-state index contributed by atoms with van der Waals surface area (Å²) in [6, 6.07) is 9.94. The number of nitrogens with zero attached hydrogens (tertiary/aromatic N) is 1. The monoisotopic (exact) mass is 657 g/mol.